The molecule has 0 aliphatic rings. The van der Waals surface area contributed by atoms with Gasteiger partial charge in [0, 0.05) is 13.0 Å². The number of hydrogen-bond donors (Lipinski definition) is 3. The molecular formula is C15H22N2O3. The third-order valence-corrected chi connectivity index (χ3v) is 3.28. The summed E-state index contributed by atoms with van der Waals surface area (Å²) in [6.07, 6.45) is 0.497. The maximum absolute atomic E-state index is 11.7. The SMILES string of the molecule is CN[C@@H](CCC(=O)NCC(C)c1ccccc1)C(=O)O. The molecule has 0 bridgehead atoms. The highest BCUT2D eigenvalue weighted by molar-refractivity contribution is 5.78. The van der Waals surface area contributed by atoms with Gasteiger partial charge in [-0.2, -0.15) is 0 Å². The van der Waals surface area contributed by atoms with Gasteiger partial charge in [0.05, 0.1) is 0 Å². The molecule has 2 atom stereocenters. The van der Waals surface area contributed by atoms with Crippen molar-refractivity contribution in [2.45, 2.75) is 31.7 Å². The van der Waals surface area contributed by atoms with Crippen molar-refractivity contribution in [3.8, 4) is 0 Å². The fourth-order valence-electron chi connectivity index (χ4n) is 1.92. The number of carboxylic acid groups (broad SMARTS) is 1. The van der Waals surface area contributed by atoms with Crippen LogP contribution in [-0.4, -0.2) is 36.6 Å². The molecule has 1 aromatic carbocycles. The highest BCUT2D eigenvalue weighted by Crippen LogP contribution is 2.13. The van der Waals surface area contributed by atoms with Crippen molar-refractivity contribution in [3.05, 3.63) is 35.9 Å². The molecule has 0 saturated heterocycles. The first kappa shape index (κ1) is 16.2. The van der Waals surface area contributed by atoms with Crippen molar-refractivity contribution >= 4 is 11.9 Å². The summed E-state index contributed by atoms with van der Waals surface area (Å²) in [6, 6.07) is 9.28. The normalized spacial score (nSPS) is 13.5. The number of hydrogen-bond acceptors (Lipinski definition) is 3. The number of aliphatic carboxylic acids is 1. The molecule has 1 amide bonds. The van der Waals surface area contributed by atoms with Gasteiger partial charge in [0.1, 0.15) is 6.04 Å². The molecule has 1 rings (SSSR count). The van der Waals surface area contributed by atoms with Crippen LogP contribution in [0, 0.1) is 0 Å². The van der Waals surface area contributed by atoms with E-state index >= 15 is 0 Å². The number of rotatable bonds is 8. The Hall–Kier alpha value is -1.88. The van der Waals surface area contributed by atoms with Crippen LogP contribution >= 0.6 is 0 Å². The number of likely N-dealkylation sites (N-methyl/N-ethyl adjacent to an activating group) is 1. The number of benzene rings is 1. The van der Waals surface area contributed by atoms with Gasteiger partial charge in [-0.1, -0.05) is 37.3 Å². The third kappa shape index (κ3) is 5.40. The van der Waals surface area contributed by atoms with E-state index in [0.29, 0.717) is 6.54 Å². The summed E-state index contributed by atoms with van der Waals surface area (Å²) in [5.41, 5.74) is 1.17. The van der Waals surface area contributed by atoms with Crippen LogP contribution in [0.3, 0.4) is 0 Å². The molecule has 3 N–H and O–H groups in total. The Morgan fingerprint density at radius 2 is 1.90 bits per heavy atom. The molecule has 0 aliphatic carbocycles. The van der Waals surface area contributed by atoms with E-state index in [1.165, 1.54) is 5.56 Å². The first-order valence-electron chi connectivity index (χ1n) is 6.76. The average molecular weight is 278 g/mol. The van der Waals surface area contributed by atoms with E-state index in [4.69, 9.17) is 5.11 Å². The molecule has 20 heavy (non-hydrogen) atoms. The lowest BCUT2D eigenvalue weighted by Crippen LogP contribution is -2.36. The van der Waals surface area contributed by atoms with E-state index < -0.39 is 12.0 Å². The zero-order valence-electron chi connectivity index (χ0n) is 11.9. The van der Waals surface area contributed by atoms with Crippen LogP contribution in [0.4, 0.5) is 0 Å². The van der Waals surface area contributed by atoms with Crippen LogP contribution in [0.2, 0.25) is 0 Å². The van der Waals surface area contributed by atoms with E-state index in [-0.39, 0.29) is 24.7 Å². The largest absolute Gasteiger partial charge is 0.480 e. The summed E-state index contributed by atoms with van der Waals surface area (Å²) in [7, 11) is 1.58. The topological polar surface area (TPSA) is 78.4 Å². The highest BCUT2D eigenvalue weighted by Gasteiger charge is 2.16. The second-order valence-corrected chi connectivity index (χ2v) is 4.83. The Labute approximate surface area is 119 Å². The Morgan fingerprint density at radius 1 is 1.25 bits per heavy atom. The summed E-state index contributed by atoms with van der Waals surface area (Å²) in [5, 5.41) is 14.4. The molecule has 0 aromatic heterocycles. The van der Waals surface area contributed by atoms with Crippen molar-refractivity contribution < 1.29 is 14.7 Å². The Morgan fingerprint density at radius 3 is 2.45 bits per heavy atom. The Bertz CT molecular complexity index is 434. The molecule has 0 fully saturated rings. The van der Waals surface area contributed by atoms with Gasteiger partial charge in [0.15, 0.2) is 0 Å². The number of carbonyl (C=O) groups excluding carboxylic acids is 1. The number of nitrogens with one attached hydrogen (secondary N) is 2. The maximum atomic E-state index is 11.7. The van der Waals surface area contributed by atoms with Gasteiger partial charge in [0.25, 0.3) is 0 Å². The van der Waals surface area contributed by atoms with Gasteiger partial charge in [-0.15, -0.1) is 0 Å². The minimum Gasteiger partial charge on any atom is -0.480 e. The molecule has 5 heteroatoms. The van der Waals surface area contributed by atoms with Gasteiger partial charge in [-0.3, -0.25) is 9.59 Å². The second-order valence-electron chi connectivity index (χ2n) is 4.83. The zero-order chi connectivity index (χ0) is 15.0. The molecule has 1 aromatic rings. The second kappa shape index (κ2) is 8.32. The van der Waals surface area contributed by atoms with Crippen molar-refractivity contribution in [2.24, 2.45) is 0 Å². The monoisotopic (exact) mass is 278 g/mol. The number of carbonyl (C=O) groups is 2. The summed E-state index contributed by atoms with van der Waals surface area (Å²) in [4.78, 5) is 22.5. The molecule has 0 saturated carbocycles. The molecule has 0 spiro atoms. The summed E-state index contributed by atoms with van der Waals surface area (Å²) in [5.74, 6) is -0.813. The molecule has 1 unspecified atom stereocenters. The Kier molecular flexibility index (Phi) is 6.73. The van der Waals surface area contributed by atoms with Crippen molar-refractivity contribution in [2.75, 3.05) is 13.6 Å². The van der Waals surface area contributed by atoms with E-state index in [1.54, 1.807) is 7.05 Å². The first-order valence-corrected chi connectivity index (χ1v) is 6.76. The fraction of sp³-hybridized carbons (Fsp3) is 0.467. The third-order valence-electron chi connectivity index (χ3n) is 3.28. The van der Waals surface area contributed by atoms with Crippen LogP contribution < -0.4 is 10.6 Å². The van der Waals surface area contributed by atoms with Gasteiger partial charge < -0.3 is 15.7 Å². The quantitative estimate of drug-likeness (QED) is 0.671. The number of amides is 1. The predicted octanol–water partition coefficient (Wildman–Crippen LogP) is 1.36. The lowest BCUT2D eigenvalue weighted by molar-refractivity contribution is -0.139. The molecule has 110 valence electrons. The number of carboxylic acids is 1. The van der Waals surface area contributed by atoms with Crippen molar-refractivity contribution in [1.82, 2.24) is 10.6 Å². The first-order chi connectivity index (χ1) is 9.54. The highest BCUT2D eigenvalue weighted by atomic mass is 16.4. The molecule has 0 radical (unpaired) electrons. The van der Waals surface area contributed by atoms with Crippen molar-refractivity contribution in [1.29, 1.82) is 0 Å². The van der Waals surface area contributed by atoms with Gasteiger partial charge in [0.2, 0.25) is 5.91 Å². The van der Waals surface area contributed by atoms with Gasteiger partial charge >= 0.3 is 5.97 Å². The molecule has 0 heterocycles. The van der Waals surface area contributed by atoms with E-state index in [0.717, 1.165) is 0 Å². The van der Waals surface area contributed by atoms with Crippen LogP contribution in [0.1, 0.15) is 31.2 Å². The van der Waals surface area contributed by atoms with Crippen LogP contribution in [-0.2, 0) is 9.59 Å². The summed E-state index contributed by atoms with van der Waals surface area (Å²) < 4.78 is 0. The van der Waals surface area contributed by atoms with E-state index in [2.05, 4.69) is 10.6 Å². The summed E-state index contributed by atoms with van der Waals surface area (Å²) in [6.45, 7) is 2.60. The van der Waals surface area contributed by atoms with Gasteiger partial charge in [-0.25, -0.2) is 0 Å². The maximum Gasteiger partial charge on any atom is 0.320 e. The van der Waals surface area contributed by atoms with Crippen molar-refractivity contribution in [3.63, 3.8) is 0 Å². The molecule has 5 nitrogen and oxygen atoms in total. The van der Waals surface area contributed by atoms with Crippen LogP contribution in [0.25, 0.3) is 0 Å². The smallest absolute Gasteiger partial charge is 0.320 e. The van der Waals surface area contributed by atoms with Crippen LogP contribution in [0.15, 0.2) is 30.3 Å². The fourth-order valence-corrected chi connectivity index (χ4v) is 1.92. The van der Waals surface area contributed by atoms with Crippen LogP contribution in [0.5, 0.6) is 0 Å². The lowest BCUT2D eigenvalue weighted by Gasteiger charge is -2.14. The average Bonchev–Trinajstić information content (AvgIpc) is 2.46. The van der Waals surface area contributed by atoms with Gasteiger partial charge in [-0.05, 0) is 24.9 Å². The zero-order valence-corrected chi connectivity index (χ0v) is 11.9. The minimum absolute atomic E-state index is 0.116. The van der Waals surface area contributed by atoms with E-state index in [9.17, 15) is 9.59 Å². The standard InChI is InChI=1S/C15H22N2O3/c1-11(12-6-4-3-5-7-12)10-17-14(18)9-8-13(16-2)15(19)20/h3-7,11,13,16H,8-10H2,1-2H3,(H,17,18)(H,19,20)/t11?,13-/m0/s1. The minimum atomic E-state index is -0.932. The Balaban J connectivity index is 2.31. The molecular weight excluding hydrogens is 256 g/mol. The predicted molar refractivity (Wildman–Crippen MR) is 77.6 cm³/mol. The molecule has 0 aliphatic heterocycles. The lowest BCUT2D eigenvalue weighted by atomic mass is 10.0. The van der Waals surface area contributed by atoms with E-state index in [1.807, 2.05) is 37.3 Å². The summed E-state index contributed by atoms with van der Waals surface area (Å²) >= 11 is 0.